The van der Waals surface area contributed by atoms with Crippen molar-refractivity contribution in [2.45, 2.75) is 6.54 Å². The zero-order chi connectivity index (χ0) is 16.4. The number of halogens is 2. The molecule has 0 aromatic heterocycles. The molecule has 118 valence electrons. The zero-order valence-electron chi connectivity index (χ0n) is 12.5. The number of anilines is 1. The van der Waals surface area contributed by atoms with Gasteiger partial charge >= 0.3 is 0 Å². The van der Waals surface area contributed by atoms with Crippen LogP contribution in [0, 0.1) is 17.1 Å². The van der Waals surface area contributed by atoms with Crippen LogP contribution in [0.2, 0.25) is 5.02 Å². The van der Waals surface area contributed by atoms with Gasteiger partial charge in [-0.05, 0) is 17.7 Å². The van der Waals surface area contributed by atoms with Gasteiger partial charge in [-0.25, -0.2) is 4.39 Å². The second kappa shape index (κ2) is 6.35. The molecule has 6 heteroatoms. The van der Waals surface area contributed by atoms with Crippen LogP contribution in [0.4, 0.5) is 10.1 Å². The van der Waals surface area contributed by atoms with Gasteiger partial charge in [-0.15, -0.1) is 0 Å². The molecule has 0 N–H and O–H groups in total. The van der Waals surface area contributed by atoms with Crippen molar-refractivity contribution in [3.63, 3.8) is 0 Å². The smallest absolute Gasteiger partial charge is 0.161 e. The Morgan fingerprint density at radius 1 is 1.39 bits per heavy atom. The lowest BCUT2D eigenvalue weighted by Crippen LogP contribution is -2.33. The molecule has 1 heterocycles. The quantitative estimate of drug-likeness (QED) is 0.858. The van der Waals surface area contributed by atoms with Crippen molar-refractivity contribution in [2.75, 3.05) is 25.2 Å². The van der Waals surface area contributed by atoms with Gasteiger partial charge in [0, 0.05) is 12.6 Å². The van der Waals surface area contributed by atoms with Crippen LogP contribution in [0.15, 0.2) is 30.3 Å². The Balaban J connectivity index is 1.97. The van der Waals surface area contributed by atoms with E-state index in [0.717, 1.165) is 11.3 Å². The van der Waals surface area contributed by atoms with Crippen LogP contribution < -0.4 is 14.4 Å². The highest BCUT2D eigenvalue weighted by Crippen LogP contribution is 2.40. The summed E-state index contributed by atoms with van der Waals surface area (Å²) < 4.78 is 24.8. The van der Waals surface area contributed by atoms with Gasteiger partial charge < -0.3 is 14.4 Å². The van der Waals surface area contributed by atoms with E-state index in [9.17, 15) is 9.65 Å². The molecule has 0 spiro atoms. The highest BCUT2D eigenvalue weighted by Gasteiger charge is 2.26. The first kappa shape index (κ1) is 15.4. The molecule has 0 atom stereocenters. The number of nitriles is 1. The average molecular weight is 333 g/mol. The van der Waals surface area contributed by atoms with Crippen LogP contribution in [0.1, 0.15) is 11.1 Å². The van der Waals surface area contributed by atoms with E-state index in [1.165, 1.54) is 6.07 Å². The lowest BCUT2D eigenvalue weighted by molar-refractivity contribution is 0.306. The van der Waals surface area contributed by atoms with Gasteiger partial charge in [0.25, 0.3) is 0 Å². The van der Waals surface area contributed by atoms with E-state index in [0.29, 0.717) is 31.1 Å². The molecule has 0 saturated heterocycles. The Labute approximate surface area is 138 Å². The molecule has 0 saturated carbocycles. The molecule has 0 fully saturated rings. The van der Waals surface area contributed by atoms with Crippen LogP contribution in [-0.4, -0.2) is 20.3 Å². The first-order valence-corrected chi connectivity index (χ1v) is 7.44. The molecule has 23 heavy (non-hydrogen) atoms. The third-order valence-electron chi connectivity index (χ3n) is 3.74. The Hall–Kier alpha value is -2.45. The Bertz CT molecular complexity index is 772. The summed E-state index contributed by atoms with van der Waals surface area (Å²) >= 11 is 5.83. The highest BCUT2D eigenvalue weighted by atomic mass is 35.5. The minimum absolute atomic E-state index is 0.0827. The van der Waals surface area contributed by atoms with E-state index >= 15 is 0 Å². The molecule has 2 aromatic rings. The van der Waals surface area contributed by atoms with E-state index in [1.54, 1.807) is 7.11 Å². The van der Waals surface area contributed by atoms with Gasteiger partial charge in [0.15, 0.2) is 5.82 Å². The molecule has 0 amide bonds. The molecule has 1 aliphatic rings. The number of hydrogen-bond acceptors (Lipinski definition) is 4. The molecule has 4 nitrogen and oxygen atoms in total. The molecule has 0 unspecified atom stereocenters. The molecule has 0 bridgehead atoms. The number of benzene rings is 2. The van der Waals surface area contributed by atoms with Crippen LogP contribution in [0.5, 0.6) is 11.5 Å². The molecule has 3 rings (SSSR count). The van der Waals surface area contributed by atoms with Crippen molar-refractivity contribution in [3.8, 4) is 17.6 Å². The van der Waals surface area contributed by atoms with Crippen molar-refractivity contribution < 1.29 is 13.9 Å². The summed E-state index contributed by atoms with van der Waals surface area (Å²) in [5, 5.41) is 9.20. The number of fused-ring (bicyclic) bond motifs is 1. The summed E-state index contributed by atoms with van der Waals surface area (Å²) in [5.41, 5.74) is 1.40. The Morgan fingerprint density at radius 3 is 2.78 bits per heavy atom. The van der Waals surface area contributed by atoms with E-state index in [1.807, 2.05) is 35.2 Å². The van der Waals surface area contributed by atoms with Crippen LogP contribution >= 0.6 is 11.6 Å². The third-order valence-corrected chi connectivity index (χ3v) is 4.01. The van der Waals surface area contributed by atoms with E-state index in [2.05, 4.69) is 0 Å². The van der Waals surface area contributed by atoms with Crippen LogP contribution in [-0.2, 0) is 6.54 Å². The zero-order valence-corrected chi connectivity index (χ0v) is 13.2. The summed E-state index contributed by atoms with van der Waals surface area (Å²) in [4.78, 5) is 1.93. The molecule has 0 aliphatic carbocycles. The first-order valence-electron chi connectivity index (χ1n) is 7.07. The van der Waals surface area contributed by atoms with Gasteiger partial charge in [-0.2, -0.15) is 5.26 Å². The van der Waals surface area contributed by atoms with Crippen molar-refractivity contribution in [1.82, 2.24) is 0 Å². The summed E-state index contributed by atoms with van der Waals surface area (Å²) in [5.74, 6) is 0.498. The second-order valence-corrected chi connectivity index (χ2v) is 5.53. The van der Waals surface area contributed by atoms with E-state index in [4.69, 9.17) is 21.1 Å². The summed E-state index contributed by atoms with van der Waals surface area (Å²) in [7, 11) is 1.61. The summed E-state index contributed by atoms with van der Waals surface area (Å²) in [6.45, 7) is 1.56. The van der Waals surface area contributed by atoms with Crippen molar-refractivity contribution in [1.29, 1.82) is 5.26 Å². The third kappa shape index (κ3) is 2.90. The minimum atomic E-state index is -0.710. The SMILES string of the molecule is COc1ccc(CN2CCOc3cc(Cl)c(F)c(C#N)c32)cc1. The topological polar surface area (TPSA) is 45.5 Å². The maximum Gasteiger partial charge on any atom is 0.161 e. The van der Waals surface area contributed by atoms with Gasteiger partial charge in [0.1, 0.15) is 35.4 Å². The molecular weight excluding hydrogens is 319 g/mol. The molecular formula is C17H14ClFN2O2. The Kier molecular flexibility index (Phi) is 4.26. The lowest BCUT2D eigenvalue weighted by Gasteiger charge is -2.32. The highest BCUT2D eigenvalue weighted by molar-refractivity contribution is 6.31. The minimum Gasteiger partial charge on any atom is -0.497 e. The maximum atomic E-state index is 14.1. The molecule has 2 aromatic carbocycles. The predicted molar refractivity (Wildman–Crippen MR) is 85.7 cm³/mol. The molecule has 0 radical (unpaired) electrons. The number of hydrogen-bond donors (Lipinski definition) is 0. The van der Waals surface area contributed by atoms with Crippen LogP contribution in [0.3, 0.4) is 0 Å². The number of rotatable bonds is 3. The fraction of sp³-hybridized carbons (Fsp3) is 0.235. The number of methoxy groups -OCH3 is 1. The van der Waals surface area contributed by atoms with Crippen molar-refractivity contribution >= 4 is 17.3 Å². The number of ether oxygens (including phenoxy) is 2. The van der Waals surface area contributed by atoms with Gasteiger partial charge in [-0.3, -0.25) is 0 Å². The number of nitrogens with zero attached hydrogens (tertiary/aromatic N) is 2. The van der Waals surface area contributed by atoms with Crippen LogP contribution in [0.25, 0.3) is 0 Å². The van der Waals surface area contributed by atoms with Gasteiger partial charge in [0.2, 0.25) is 0 Å². The fourth-order valence-electron chi connectivity index (χ4n) is 2.61. The predicted octanol–water partition coefficient (Wildman–Crippen LogP) is 3.76. The summed E-state index contributed by atoms with van der Waals surface area (Å²) in [6.07, 6.45) is 0. The first-order chi connectivity index (χ1) is 11.1. The standard InChI is InChI=1S/C17H14ClFN2O2/c1-22-12-4-2-11(3-5-12)10-21-6-7-23-15-8-14(18)16(19)13(9-20)17(15)21/h2-5,8H,6-7,10H2,1H3. The lowest BCUT2D eigenvalue weighted by atomic mass is 10.1. The van der Waals surface area contributed by atoms with Gasteiger partial charge in [0.05, 0.1) is 18.7 Å². The van der Waals surface area contributed by atoms with Crippen molar-refractivity contribution in [3.05, 3.63) is 52.3 Å². The Morgan fingerprint density at radius 2 is 2.13 bits per heavy atom. The van der Waals surface area contributed by atoms with Crippen molar-refractivity contribution in [2.24, 2.45) is 0 Å². The monoisotopic (exact) mass is 332 g/mol. The van der Waals surface area contributed by atoms with E-state index < -0.39 is 5.82 Å². The largest absolute Gasteiger partial charge is 0.497 e. The molecule has 1 aliphatic heterocycles. The van der Waals surface area contributed by atoms with Gasteiger partial charge in [-0.1, -0.05) is 23.7 Å². The normalized spacial score (nSPS) is 13.0. The summed E-state index contributed by atoms with van der Waals surface area (Å²) in [6, 6.07) is 10.9. The maximum absolute atomic E-state index is 14.1. The fourth-order valence-corrected chi connectivity index (χ4v) is 2.80. The average Bonchev–Trinajstić information content (AvgIpc) is 2.57. The second-order valence-electron chi connectivity index (χ2n) is 5.12. The van der Waals surface area contributed by atoms with E-state index in [-0.39, 0.29) is 10.6 Å².